The highest BCUT2D eigenvalue weighted by molar-refractivity contribution is 7.98. The van der Waals surface area contributed by atoms with Gasteiger partial charge in [-0.05, 0) is 24.3 Å². The number of nitrogens with zero attached hydrogens (tertiary/aromatic N) is 4. The van der Waals surface area contributed by atoms with Gasteiger partial charge in [-0.2, -0.15) is 10.1 Å². The fraction of sp³-hybridized carbons (Fsp3) is 0.0588. The van der Waals surface area contributed by atoms with Crippen molar-refractivity contribution in [2.75, 3.05) is 0 Å². The van der Waals surface area contributed by atoms with Crippen LogP contribution in [-0.2, 0) is 5.75 Å². The SMILES string of the molecule is Fc1ccc(-c2noc(CSc3nncc4ccccc34)n2)cc1. The van der Waals surface area contributed by atoms with Crippen molar-refractivity contribution in [1.82, 2.24) is 20.3 Å². The van der Waals surface area contributed by atoms with E-state index in [2.05, 4.69) is 20.3 Å². The number of hydrogen-bond acceptors (Lipinski definition) is 6. The maximum Gasteiger partial charge on any atom is 0.237 e. The van der Waals surface area contributed by atoms with Crippen LogP contribution in [0.2, 0.25) is 0 Å². The standard InChI is InChI=1S/C17H11FN4OS/c18-13-7-5-11(6-8-13)16-20-15(23-22-16)10-24-17-14-4-2-1-3-12(14)9-19-21-17/h1-9H,10H2. The number of benzene rings is 2. The Morgan fingerprint density at radius 1 is 1.04 bits per heavy atom. The Hall–Kier alpha value is -2.80. The van der Waals surface area contributed by atoms with Gasteiger partial charge in [-0.1, -0.05) is 41.2 Å². The Morgan fingerprint density at radius 3 is 2.75 bits per heavy atom. The van der Waals surface area contributed by atoms with E-state index in [0.29, 0.717) is 23.0 Å². The van der Waals surface area contributed by atoms with Crippen molar-refractivity contribution in [3.8, 4) is 11.4 Å². The van der Waals surface area contributed by atoms with E-state index >= 15 is 0 Å². The molecule has 2 aromatic carbocycles. The summed E-state index contributed by atoms with van der Waals surface area (Å²) >= 11 is 1.48. The van der Waals surface area contributed by atoms with E-state index in [0.717, 1.165) is 15.8 Å². The van der Waals surface area contributed by atoms with E-state index in [-0.39, 0.29) is 5.82 Å². The normalized spacial score (nSPS) is 11.0. The second kappa shape index (κ2) is 6.37. The van der Waals surface area contributed by atoms with E-state index in [4.69, 9.17) is 4.52 Å². The van der Waals surface area contributed by atoms with Gasteiger partial charge in [-0.25, -0.2) is 4.39 Å². The molecule has 0 atom stereocenters. The highest BCUT2D eigenvalue weighted by atomic mass is 32.2. The molecule has 0 aliphatic carbocycles. The molecule has 0 aliphatic rings. The Bertz CT molecular complexity index is 982. The van der Waals surface area contributed by atoms with Crippen molar-refractivity contribution >= 4 is 22.5 Å². The van der Waals surface area contributed by atoms with Crippen LogP contribution in [0.4, 0.5) is 4.39 Å². The smallest absolute Gasteiger partial charge is 0.237 e. The van der Waals surface area contributed by atoms with Crippen LogP contribution in [-0.4, -0.2) is 20.3 Å². The Balaban J connectivity index is 1.53. The van der Waals surface area contributed by atoms with Crippen molar-refractivity contribution in [3.63, 3.8) is 0 Å². The first-order valence-corrected chi connectivity index (χ1v) is 8.20. The maximum absolute atomic E-state index is 13.0. The number of aromatic nitrogens is 4. The molecule has 7 heteroatoms. The zero-order chi connectivity index (χ0) is 16.4. The van der Waals surface area contributed by atoms with Gasteiger partial charge in [0.2, 0.25) is 11.7 Å². The van der Waals surface area contributed by atoms with Crippen molar-refractivity contribution < 1.29 is 8.91 Å². The van der Waals surface area contributed by atoms with Crippen molar-refractivity contribution in [1.29, 1.82) is 0 Å². The molecule has 4 aromatic rings. The Labute approximate surface area is 140 Å². The Kier molecular flexibility index (Phi) is 3.92. The lowest BCUT2D eigenvalue weighted by Crippen LogP contribution is -1.89. The van der Waals surface area contributed by atoms with Crippen molar-refractivity contribution in [2.24, 2.45) is 0 Å². The van der Waals surface area contributed by atoms with Gasteiger partial charge in [0.1, 0.15) is 10.8 Å². The molecule has 0 unspecified atom stereocenters. The van der Waals surface area contributed by atoms with Crippen LogP contribution < -0.4 is 0 Å². The summed E-state index contributed by atoms with van der Waals surface area (Å²) in [4.78, 5) is 4.34. The molecule has 2 aromatic heterocycles. The van der Waals surface area contributed by atoms with Gasteiger partial charge in [-0.15, -0.1) is 5.10 Å². The van der Waals surface area contributed by atoms with Crippen LogP contribution in [0.1, 0.15) is 5.89 Å². The minimum absolute atomic E-state index is 0.299. The van der Waals surface area contributed by atoms with Gasteiger partial charge in [0.05, 0.1) is 11.9 Å². The molecule has 0 aliphatic heterocycles. The summed E-state index contributed by atoms with van der Waals surface area (Å²) in [7, 11) is 0. The van der Waals surface area contributed by atoms with E-state index in [1.54, 1.807) is 18.3 Å². The first-order chi connectivity index (χ1) is 11.8. The van der Waals surface area contributed by atoms with E-state index in [9.17, 15) is 4.39 Å². The molecule has 0 saturated heterocycles. The fourth-order valence-electron chi connectivity index (χ4n) is 2.27. The van der Waals surface area contributed by atoms with Gasteiger partial charge in [0, 0.05) is 16.3 Å². The molecule has 118 valence electrons. The highest BCUT2D eigenvalue weighted by Gasteiger charge is 2.11. The molecule has 0 bridgehead atoms. The molecule has 24 heavy (non-hydrogen) atoms. The molecule has 2 heterocycles. The van der Waals surface area contributed by atoms with Gasteiger partial charge in [0.15, 0.2) is 0 Å². The number of hydrogen-bond donors (Lipinski definition) is 0. The number of rotatable bonds is 4. The van der Waals surface area contributed by atoms with Crippen LogP contribution in [0, 0.1) is 5.82 Å². The molecular formula is C17H11FN4OS. The molecule has 4 rings (SSSR count). The van der Waals surface area contributed by atoms with Crippen LogP contribution in [0.5, 0.6) is 0 Å². The van der Waals surface area contributed by atoms with Gasteiger partial charge < -0.3 is 4.52 Å². The lowest BCUT2D eigenvalue weighted by Gasteiger charge is -2.01. The van der Waals surface area contributed by atoms with E-state index < -0.39 is 0 Å². The monoisotopic (exact) mass is 338 g/mol. The molecule has 0 amide bonds. The fourth-order valence-corrected chi connectivity index (χ4v) is 3.09. The molecule has 0 spiro atoms. The second-order valence-corrected chi connectivity index (χ2v) is 6.01. The summed E-state index contributed by atoms with van der Waals surface area (Å²) < 4.78 is 18.2. The van der Waals surface area contributed by atoms with Crippen LogP contribution in [0.15, 0.2) is 64.3 Å². The number of fused-ring (bicyclic) bond motifs is 1. The van der Waals surface area contributed by atoms with Crippen LogP contribution in [0.3, 0.4) is 0 Å². The first-order valence-electron chi connectivity index (χ1n) is 7.21. The summed E-state index contributed by atoms with van der Waals surface area (Å²) in [6.45, 7) is 0. The predicted octanol–water partition coefficient (Wildman–Crippen LogP) is 4.11. The van der Waals surface area contributed by atoms with Crippen LogP contribution in [0.25, 0.3) is 22.2 Å². The largest absolute Gasteiger partial charge is 0.338 e. The van der Waals surface area contributed by atoms with E-state index in [1.807, 2.05) is 24.3 Å². The van der Waals surface area contributed by atoms with Crippen LogP contribution >= 0.6 is 11.8 Å². The summed E-state index contributed by atoms with van der Waals surface area (Å²) in [6.07, 6.45) is 1.73. The molecular weight excluding hydrogens is 327 g/mol. The maximum atomic E-state index is 13.0. The quantitative estimate of drug-likeness (QED) is 0.522. The molecule has 5 nitrogen and oxygen atoms in total. The first kappa shape index (κ1) is 14.8. The van der Waals surface area contributed by atoms with E-state index in [1.165, 1.54) is 23.9 Å². The zero-order valence-electron chi connectivity index (χ0n) is 12.4. The highest BCUT2D eigenvalue weighted by Crippen LogP contribution is 2.27. The molecule has 0 N–H and O–H groups in total. The minimum atomic E-state index is -0.299. The summed E-state index contributed by atoms with van der Waals surface area (Å²) in [5.74, 6) is 1.10. The van der Waals surface area contributed by atoms with Crippen molar-refractivity contribution in [3.05, 3.63) is 66.4 Å². The van der Waals surface area contributed by atoms with Crippen molar-refractivity contribution in [2.45, 2.75) is 10.8 Å². The minimum Gasteiger partial charge on any atom is -0.338 e. The average molecular weight is 338 g/mol. The topological polar surface area (TPSA) is 64.7 Å². The molecule has 0 saturated carbocycles. The van der Waals surface area contributed by atoms with Gasteiger partial charge in [-0.3, -0.25) is 0 Å². The third-order valence-corrected chi connectivity index (χ3v) is 4.41. The second-order valence-electron chi connectivity index (χ2n) is 5.04. The average Bonchev–Trinajstić information content (AvgIpc) is 3.09. The summed E-state index contributed by atoms with van der Waals surface area (Å²) in [6, 6.07) is 13.9. The lowest BCUT2D eigenvalue weighted by atomic mass is 10.2. The molecule has 0 radical (unpaired) electrons. The number of halogens is 1. The summed E-state index contributed by atoms with van der Waals surface area (Å²) in [5, 5.41) is 15.0. The Morgan fingerprint density at radius 2 is 1.88 bits per heavy atom. The lowest BCUT2D eigenvalue weighted by molar-refractivity contribution is 0.391. The number of thioether (sulfide) groups is 1. The predicted molar refractivity (Wildman–Crippen MR) is 88.8 cm³/mol. The zero-order valence-corrected chi connectivity index (χ0v) is 13.2. The van der Waals surface area contributed by atoms with Gasteiger partial charge >= 0.3 is 0 Å². The van der Waals surface area contributed by atoms with Gasteiger partial charge in [0.25, 0.3) is 0 Å². The molecule has 0 fully saturated rings. The third-order valence-electron chi connectivity index (χ3n) is 3.44. The summed E-state index contributed by atoms with van der Waals surface area (Å²) in [5.41, 5.74) is 0.710. The third kappa shape index (κ3) is 2.98.